The highest BCUT2D eigenvalue weighted by Crippen LogP contribution is 2.24. The number of hydrogen-bond donors (Lipinski definition) is 3. The van der Waals surface area contributed by atoms with Crippen molar-refractivity contribution >= 4 is 44.9 Å². The van der Waals surface area contributed by atoms with Crippen molar-refractivity contribution in [1.29, 1.82) is 0 Å². The summed E-state index contributed by atoms with van der Waals surface area (Å²) < 4.78 is 0. The van der Waals surface area contributed by atoms with Crippen LogP contribution in [0.4, 0.5) is 5.13 Å². The van der Waals surface area contributed by atoms with Gasteiger partial charge in [-0.25, -0.2) is 4.98 Å². The van der Waals surface area contributed by atoms with Crippen molar-refractivity contribution in [2.24, 2.45) is 5.73 Å². The summed E-state index contributed by atoms with van der Waals surface area (Å²) in [5.41, 5.74) is 6.29. The first-order chi connectivity index (χ1) is 10.9. The number of anilines is 1. The highest BCUT2D eigenvalue weighted by atomic mass is 35.5. The smallest absolute Gasteiger partial charge is 0.260 e. The van der Waals surface area contributed by atoms with Crippen molar-refractivity contribution in [3.05, 3.63) is 56.3 Å². The minimum absolute atomic E-state index is 0.188. The molecule has 0 spiro atoms. The first kappa shape index (κ1) is 15.5. The van der Waals surface area contributed by atoms with Crippen LogP contribution in [0, 0.1) is 0 Å². The predicted molar refractivity (Wildman–Crippen MR) is 92.2 cm³/mol. The van der Waals surface area contributed by atoms with Gasteiger partial charge < -0.3 is 16.0 Å². The van der Waals surface area contributed by atoms with Gasteiger partial charge in [0.15, 0.2) is 5.13 Å². The van der Waals surface area contributed by atoms with Crippen LogP contribution in [0.1, 0.15) is 28.2 Å². The first-order valence-corrected chi connectivity index (χ1v) is 7.98. The molecule has 23 heavy (non-hydrogen) atoms. The molecule has 0 saturated carbocycles. The van der Waals surface area contributed by atoms with E-state index in [2.05, 4.69) is 15.3 Å². The fraction of sp³-hybridized carbons (Fsp3) is 0.133. The third kappa shape index (κ3) is 3.20. The standard InChI is InChI=1S/C15H13ClN4O2S/c1-7(19-15-18-6-12(23-15)13(17)21)10-5-8-4-9(16)2-3-11(8)20-14(10)22/h2-7H,1H3,(H2,17,21)(H,18,19)(H,20,22)/t7-/m0/s1. The number of carbonyl (C=O) groups is 1. The van der Waals surface area contributed by atoms with Gasteiger partial charge in [0, 0.05) is 21.5 Å². The van der Waals surface area contributed by atoms with Crippen LogP contribution in [0.2, 0.25) is 5.02 Å². The number of pyridine rings is 1. The van der Waals surface area contributed by atoms with Crippen LogP contribution in [0.3, 0.4) is 0 Å². The summed E-state index contributed by atoms with van der Waals surface area (Å²) in [7, 11) is 0. The Morgan fingerprint density at radius 1 is 1.43 bits per heavy atom. The molecule has 3 aromatic rings. The van der Waals surface area contributed by atoms with E-state index in [4.69, 9.17) is 17.3 Å². The molecule has 6 nitrogen and oxygen atoms in total. The number of halogens is 1. The van der Waals surface area contributed by atoms with E-state index in [1.54, 1.807) is 24.3 Å². The summed E-state index contributed by atoms with van der Waals surface area (Å²) in [5, 5.41) is 5.07. The lowest BCUT2D eigenvalue weighted by atomic mass is 10.1. The van der Waals surface area contributed by atoms with E-state index in [0.29, 0.717) is 20.6 Å². The van der Waals surface area contributed by atoms with Crippen molar-refractivity contribution < 1.29 is 4.79 Å². The van der Waals surface area contributed by atoms with E-state index >= 15 is 0 Å². The minimum atomic E-state index is -0.526. The van der Waals surface area contributed by atoms with Crippen LogP contribution < -0.4 is 16.6 Å². The van der Waals surface area contributed by atoms with Gasteiger partial charge in [0.05, 0.1) is 12.2 Å². The van der Waals surface area contributed by atoms with E-state index in [9.17, 15) is 9.59 Å². The molecule has 1 atom stereocenters. The molecule has 0 aliphatic carbocycles. The molecule has 0 saturated heterocycles. The average molecular weight is 349 g/mol. The molecule has 1 amide bonds. The fourth-order valence-corrected chi connectivity index (χ4v) is 3.17. The topological polar surface area (TPSA) is 101 Å². The number of nitrogens with zero attached hydrogens (tertiary/aromatic N) is 1. The molecular formula is C15H13ClN4O2S. The zero-order valence-electron chi connectivity index (χ0n) is 12.1. The molecule has 0 unspecified atom stereocenters. The molecule has 0 bridgehead atoms. The lowest BCUT2D eigenvalue weighted by molar-refractivity contribution is 0.100. The van der Waals surface area contributed by atoms with Gasteiger partial charge in [0.25, 0.3) is 11.5 Å². The Morgan fingerprint density at radius 3 is 2.91 bits per heavy atom. The van der Waals surface area contributed by atoms with Crippen LogP contribution in [0.15, 0.2) is 35.3 Å². The Kier molecular flexibility index (Phi) is 4.06. The number of benzene rings is 1. The number of H-pyrrole nitrogens is 1. The van der Waals surface area contributed by atoms with Crippen LogP contribution in [-0.2, 0) is 0 Å². The Bertz CT molecular complexity index is 950. The van der Waals surface area contributed by atoms with Crippen LogP contribution in [0.5, 0.6) is 0 Å². The maximum absolute atomic E-state index is 12.2. The van der Waals surface area contributed by atoms with Gasteiger partial charge in [-0.3, -0.25) is 9.59 Å². The highest BCUT2D eigenvalue weighted by molar-refractivity contribution is 7.17. The lowest BCUT2D eigenvalue weighted by Crippen LogP contribution is -2.19. The summed E-state index contributed by atoms with van der Waals surface area (Å²) in [6.07, 6.45) is 1.41. The van der Waals surface area contributed by atoms with Crippen molar-refractivity contribution in [1.82, 2.24) is 9.97 Å². The summed E-state index contributed by atoms with van der Waals surface area (Å²) in [6, 6.07) is 6.77. The molecule has 0 aliphatic rings. The molecule has 118 valence electrons. The Morgan fingerprint density at radius 2 is 2.22 bits per heavy atom. The van der Waals surface area contributed by atoms with Crippen molar-refractivity contribution in [2.75, 3.05) is 5.32 Å². The van der Waals surface area contributed by atoms with E-state index in [0.717, 1.165) is 22.2 Å². The monoisotopic (exact) mass is 348 g/mol. The largest absolute Gasteiger partial charge is 0.365 e. The number of rotatable bonds is 4. The number of carbonyl (C=O) groups excluding carboxylic acids is 1. The van der Waals surface area contributed by atoms with Gasteiger partial charge in [-0.05, 0) is 31.2 Å². The second-order valence-corrected chi connectivity index (χ2v) is 6.51. The van der Waals surface area contributed by atoms with Crippen LogP contribution in [-0.4, -0.2) is 15.9 Å². The quantitative estimate of drug-likeness (QED) is 0.674. The predicted octanol–water partition coefficient (Wildman–Crippen LogP) is 2.91. The van der Waals surface area contributed by atoms with E-state index < -0.39 is 5.91 Å². The Labute approximate surface area is 140 Å². The molecule has 8 heteroatoms. The van der Waals surface area contributed by atoms with Gasteiger partial charge in [0.2, 0.25) is 0 Å². The number of aromatic nitrogens is 2. The lowest BCUT2D eigenvalue weighted by Gasteiger charge is -2.13. The second kappa shape index (κ2) is 6.02. The summed E-state index contributed by atoms with van der Waals surface area (Å²) in [6.45, 7) is 1.84. The third-order valence-corrected chi connectivity index (χ3v) is 4.57. The molecular weight excluding hydrogens is 336 g/mol. The van der Waals surface area contributed by atoms with Gasteiger partial charge in [-0.15, -0.1) is 0 Å². The summed E-state index contributed by atoms with van der Waals surface area (Å²) in [5.74, 6) is -0.526. The van der Waals surface area contributed by atoms with Gasteiger partial charge in [0.1, 0.15) is 4.88 Å². The Balaban J connectivity index is 1.93. The molecule has 2 aromatic heterocycles. The van der Waals surface area contributed by atoms with E-state index in [-0.39, 0.29) is 11.6 Å². The molecule has 0 aliphatic heterocycles. The third-order valence-electron chi connectivity index (χ3n) is 3.39. The zero-order valence-corrected chi connectivity index (χ0v) is 13.7. The number of amides is 1. The SMILES string of the molecule is C[C@H](Nc1ncc(C(N)=O)s1)c1cc2cc(Cl)ccc2[nH]c1=O. The highest BCUT2D eigenvalue weighted by Gasteiger charge is 2.14. The van der Waals surface area contributed by atoms with Crippen molar-refractivity contribution in [3.8, 4) is 0 Å². The maximum atomic E-state index is 12.2. The van der Waals surface area contributed by atoms with Gasteiger partial charge in [-0.1, -0.05) is 22.9 Å². The molecule has 0 radical (unpaired) electrons. The van der Waals surface area contributed by atoms with Gasteiger partial charge in [-0.2, -0.15) is 0 Å². The fourth-order valence-electron chi connectivity index (χ4n) is 2.23. The number of nitrogens with two attached hydrogens (primary N) is 1. The van der Waals surface area contributed by atoms with Crippen molar-refractivity contribution in [2.45, 2.75) is 13.0 Å². The van der Waals surface area contributed by atoms with Crippen LogP contribution in [0.25, 0.3) is 10.9 Å². The van der Waals surface area contributed by atoms with Gasteiger partial charge >= 0.3 is 0 Å². The van der Waals surface area contributed by atoms with Crippen LogP contribution >= 0.6 is 22.9 Å². The second-order valence-electron chi connectivity index (χ2n) is 5.05. The zero-order chi connectivity index (χ0) is 16.6. The molecule has 1 aromatic carbocycles. The van der Waals surface area contributed by atoms with Crippen molar-refractivity contribution in [3.63, 3.8) is 0 Å². The molecule has 0 fully saturated rings. The van der Waals surface area contributed by atoms with E-state index in [1.165, 1.54) is 6.20 Å². The normalized spacial score (nSPS) is 12.3. The number of primary amides is 1. The molecule has 4 N–H and O–H groups in total. The first-order valence-electron chi connectivity index (χ1n) is 6.78. The summed E-state index contributed by atoms with van der Waals surface area (Å²) in [4.78, 5) is 30.6. The number of thiazole rings is 1. The molecule has 2 heterocycles. The average Bonchev–Trinajstić information content (AvgIpc) is 2.95. The molecule has 3 rings (SSSR count). The number of nitrogens with one attached hydrogen (secondary N) is 2. The Hall–Kier alpha value is -2.38. The van der Waals surface area contributed by atoms with E-state index in [1.807, 2.05) is 6.92 Å². The number of fused-ring (bicyclic) bond motifs is 1. The summed E-state index contributed by atoms with van der Waals surface area (Å²) >= 11 is 7.14. The number of aromatic amines is 1. The number of hydrogen-bond acceptors (Lipinski definition) is 5. The minimum Gasteiger partial charge on any atom is -0.365 e. The maximum Gasteiger partial charge on any atom is 0.260 e.